The summed E-state index contributed by atoms with van der Waals surface area (Å²) in [6.07, 6.45) is 0. The number of para-hydroxylation sites is 1. The van der Waals surface area contributed by atoms with E-state index in [2.05, 4.69) is 15.5 Å². The number of nitro benzene ring substituents is 1. The first-order valence-electron chi connectivity index (χ1n) is 10.8. The standard InChI is InChI=1S/C26H19N5O3S/c32-24(27-23-12-6-8-18-7-4-5-11-22(18)23)17-35-26-29-28-25(30(26)20-9-2-1-3-10-20)19-13-15-21(16-14-19)31(33)34/h1-16H,17H2,(H,27,32). The quantitative estimate of drug-likeness (QED) is 0.181. The largest absolute Gasteiger partial charge is 0.325 e. The van der Waals surface area contributed by atoms with Crippen LogP contribution in [0.15, 0.2) is 102 Å². The maximum atomic E-state index is 12.8. The molecule has 0 aliphatic rings. The van der Waals surface area contributed by atoms with Crippen molar-refractivity contribution in [2.45, 2.75) is 5.16 Å². The smallest absolute Gasteiger partial charge is 0.269 e. The van der Waals surface area contributed by atoms with Crippen molar-refractivity contribution in [3.63, 3.8) is 0 Å². The number of hydrogen-bond acceptors (Lipinski definition) is 6. The van der Waals surface area contributed by atoms with E-state index in [4.69, 9.17) is 0 Å². The average Bonchev–Trinajstić information content (AvgIpc) is 3.32. The molecule has 35 heavy (non-hydrogen) atoms. The van der Waals surface area contributed by atoms with Crippen LogP contribution in [0.4, 0.5) is 11.4 Å². The molecule has 5 rings (SSSR count). The molecule has 1 heterocycles. The monoisotopic (exact) mass is 481 g/mol. The second kappa shape index (κ2) is 9.78. The normalized spacial score (nSPS) is 10.9. The molecule has 1 aromatic heterocycles. The third-order valence-electron chi connectivity index (χ3n) is 5.38. The van der Waals surface area contributed by atoms with Crippen LogP contribution in [-0.4, -0.2) is 31.3 Å². The predicted octanol–water partition coefficient (Wildman–Crippen LogP) is 5.73. The number of thioether (sulfide) groups is 1. The predicted molar refractivity (Wildman–Crippen MR) is 137 cm³/mol. The molecule has 1 amide bonds. The van der Waals surface area contributed by atoms with Crippen molar-refractivity contribution in [1.82, 2.24) is 14.8 Å². The van der Waals surface area contributed by atoms with E-state index in [1.807, 2.05) is 77.4 Å². The summed E-state index contributed by atoms with van der Waals surface area (Å²) in [5.74, 6) is 0.503. The van der Waals surface area contributed by atoms with Crippen molar-refractivity contribution < 1.29 is 9.72 Å². The van der Waals surface area contributed by atoms with Gasteiger partial charge in [-0.15, -0.1) is 10.2 Å². The molecule has 0 radical (unpaired) electrons. The van der Waals surface area contributed by atoms with Gasteiger partial charge in [0.25, 0.3) is 5.69 Å². The number of hydrogen-bond donors (Lipinski definition) is 1. The number of benzene rings is 4. The van der Waals surface area contributed by atoms with Gasteiger partial charge in [-0.2, -0.15) is 0 Å². The Hall–Kier alpha value is -4.50. The number of amides is 1. The molecule has 0 bridgehead atoms. The number of non-ortho nitro benzene ring substituents is 1. The molecule has 0 saturated carbocycles. The fourth-order valence-electron chi connectivity index (χ4n) is 3.74. The Morgan fingerprint density at radius 1 is 0.886 bits per heavy atom. The number of nitro groups is 1. The molecule has 0 aliphatic carbocycles. The zero-order valence-electron chi connectivity index (χ0n) is 18.4. The Morgan fingerprint density at radius 3 is 2.37 bits per heavy atom. The van der Waals surface area contributed by atoms with Gasteiger partial charge in [-0.3, -0.25) is 19.5 Å². The lowest BCUT2D eigenvalue weighted by molar-refractivity contribution is -0.384. The third kappa shape index (κ3) is 4.75. The topological polar surface area (TPSA) is 103 Å². The Bertz CT molecular complexity index is 1510. The first-order valence-corrected chi connectivity index (χ1v) is 11.7. The lowest BCUT2D eigenvalue weighted by atomic mass is 10.1. The van der Waals surface area contributed by atoms with E-state index in [1.54, 1.807) is 12.1 Å². The molecule has 8 nitrogen and oxygen atoms in total. The van der Waals surface area contributed by atoms with Crippen LogP contribution >= 0.6 is 11.8 Å². The highest BCUT2D eigenvalue weighted by Gasteiger charge is 2.18. The zero-order valence-corrected chi connectivity index (χ0v) is 19.2. The second-order valence-electron chi connectivity index (χ2n) is 7.64. The lowest BCUT2D eigenvalue weighted by Gasteiger charge is -2.11. The van der Waals surface area contributed by atoms with Crippen molar-refractivity contribution in [2.24, 2.45) is 0 Å². The molecule has 0 aliphatic heterocycles. The number of nitrogens with zero attached hydrogens (tertiary/aromatic N) is 4. The lowest BCUT2D eigenvalue weighted by Crippen LogP contribution is -2.14. The summed E-state index contributed by atoms with van der Waals surface area (Å²) in [5.41, 5.74) is 2.26. The van der Waals surface area contributed by atoms with Crippen LogP contribution in [0.25, 0.3) is 27.8 Å². The average molecular weight is 482 g/mol. The van der Waals surface area contributed by atoms with E-state index in [9.17, 15) is 14.9 Å². The van der Waals surface area contributed by atoms with Gasteiger partial charge < -0.3 is 5.32 Å². The molecule has 0 fully saturated rings. The van der Waals surface area contributed by atoms with E-state index in [0.29, 0.717) is 16.5 Å². The van der Waals surface area contributed by atoms with Gasteiger partial charge in [0.05, 0.1) is 10.7 Å². The SMILES string of the molecule is O=C(CSc1nnc(-c2ccc([N+](=O)[O-])cc2)n1-c1ccccc1)Nc1cccc2ccccc12. The number of rotatable bonds is 7. The summed E-state index contributed by atoms with van der Waals surface area (Å²) in [5, 5.41) is 25.2. The minimum Gasteiger partial charge on any atom is -0.325 e. The number of carbonyl (C=O) groups excluding carboxylic acids is 1. The van der Waals surface area contributed by atoms with E-state index < -0.39 is 4.92 Å². The summed E-state index contributed by atoms with van der Waals surface area (Å²) in [6, 6.07) is 29.4. The third-order valence-corrected chi connectivity index (χ3v) is 6.31. The highest BCUT2D eigenvalue weighted by molar-refractivity contribution is 7.99. The van der Waals surface area contributed by atoms with Crippen LogP contribution < -0.4 is 5.32 Å². The number of fused-ring (bicyclic) bond motifs is 1. The highest BCUT2D eigenvalue weighted by Crippen LogP contribution is 2.29. The maximum Gasteiger partial charge on any atom is 0.269 e. The molecular formula is C26H19N5O3S. The Labute approximate surface area is 204 Å². The van der Waals surface area contributed by atoms with Crippen molar-refractivity contribution in [3.05, 3.63) is 107 Å². The number of aromatic nitrogens is 3. The summed E-state index contributed by atoms with van der Waals surface area (Å²) in [7, 11) is 0. The molecule has 4 aromatic carbocycles. The molecule has 0 spiro atoms. The van der Waals surface area contributed by atoms with Crippen molar-refractivity contribution >= 4 is 39.8 Å². The van der Waals surface area contributed by atoms with Crippen LogP contribution in [0.2, 0.25) is 0 Å². The summed E-state index contributed by atoms with van der Waals surface area (Å²) in [4.78, 5) is 23.4. The van der Waals surface area contributed by atoms with Crippen LogP contribution in [0.1, 0.15) is 0 Å². The van der Waals surface area contributed by atoms with Gasteiger partial charge in [-0.05, 0) is 35.7 Å². The Kier molecular flexibility index (Phi) is 6.23. The number of anilines is 1. The van der Waals surface area contributed by atoms with Crippen molar-refractivity contribution in [1.29, 1.82) is 0 Å². The Morgan fingerprint density at radius 2 is 1.60 bits per heavy atom. The fourth-order valence-corrected chi connectivity index (χ4v) is 4.50. The van der Waals surface area contributed by atoms with Crippen LogP contribution in [0, 0.1) is 10.1 Å². The molecule has 5 aromatic rings. The summed E-state index contributed by atoms with van der Waals surface area (Å²) >= 11 is 1.27. The van der Waals surface area contributed by atoms with Gasteiger partial charge in [-0.1, -0.05) is 66.4 Å². The molecule has 1 N–H and O–H groups in total. The van der Waals surface area contributed by atoms with Gasteiger partial charge in [-0.25, -0.2) is 0 Å². The first kappa shape index (κ1) is 22.3. The van der Waals surface area contributed by atoms with Gasteiger partial charge in [0.2, 0.25) is 5.91 Å². The van der Waals surface area contributed by atoms with E-state index >= 15 is 0 Å². The maximum absolute atomic E-state index is 12.8. The van der Waals surface area contributed by atoms with E-state index in [0.717, 1.165) is 22.1 Å². The minimum absolute atomic E-state index is 0.000711. The van der Waals surface area contributed by atoms with Gasteiger partial charge in [0, 0.05) is 34.5 Å². The van der Waals surface area contributed by atoms with Crippen LogP contribution in [-0.2, 0) is 4.79 Å². The molecule has 9 heteroatoms. The molecule has 0 atom stereocenters. The number of nitrogens with one attached hydrogen (secondary N) is 1. The highest BCUT2D eigenvalue weighted by atomic mass is 32.2. The number of carbonyl (C=O) groups is 1. The van der Waals surface area contributed by atoms with Gasteiger partial charge in [0.1, 0.15) is 0 Å². The second-order valence-corrected chi connectivity index (χ2v) is 8.59. The zero-order chi connectivity index (χ0) is 24.2. The van der Waals surface area contributed by atoms with Crippen LogP contribution in [0.3, 0.4) is 0 Å². The van der Waals surface area contributed by atoms with Gasteiger partial charge >= 0.3 is 0 Å². The molecular weight excluding hydrogens is 462 g/mol. The van der Waals surface area contributed by atoms with Gasteiger partial charge in [0.15, 0.2) is 11.0 Å². The van der Waals surface area contributed by atoms with E-state index in [1.165, 1.54) is 23.9 Å². The minimum atomic E-state index is -0.443. The van der Waals surface area contributed by atoms with Crippen LogP contribution in [0.5, 0.6) is 0 Å². The van der Waals surface area contributed by atoms with Crippen molar-refractivity contribution in [2.75, 3.05) is 11.1 Å². The summed E-state index contributed by atoms with van der Waals surface area (Å²) < 4.78 is 1.84. The van der Waals surface area contributed by atoms with Crippen molar-refractivity contribution in [3.8, 4) is 17.1 Å². The first-order chi connectivity index (χ1) is 17.1. The molecule has 0 saturated heterocycles. The molecule has 172 valence electrons. The summed E-state index contributed by atoms with van der Waals surface area (Å²) in [6.45, 7) is 0. The molecule has 0 unspecified atom stereocenters. The fraction of sp³-hybridized carbons (Fsp3) is 0.0385. The Balaban J connectivity index is 1.40. The van der Waals surface area contributed by atoms with E-state index in [-0.39, 0.29) is 17.3 Å².